The average molecular weight is 596 g/mol. The molecule has 0 amide bonds. The van der Waals surface area contributed by atoms with Gasteiger partial charge in [0.25, 0.3) is 0 Å². The van der Waals surface area contributed by atoms with Crippen LogP contribution < -0.4 is 16.4 Å². The summed E-state index contributed by atoms with van der Waals surface area (Å²) in [7, 11) is 0. The fraction of sp³-hybridized carbons (Fsp3) is 0.217. The molecule has 0 spiro atoms. The van der Waals surface area contributed by atoms with Gasteiger partial charge in [-0.1, -0.05) is 6.42 Å². The second kappa shape index (κ2) is 10.2. The van der Waals surface area contributed by atoms with E-state index in [2.05, 4.69) is 0 Å². The van der Waals surface area contributed by atoms with Gasteiger partial charge >= 0.3 is 0 Å². The summed E-state index contributed by atoms with van der Waals surface area (Å²) in [5, 5.41) is 0. The Labute approximate surface area is 213 Å². The van der Waals surface area contributed by atoms with Crippen molar-refractivity contribution in [2.24, 2.45) is 0 Å². The molecule has 0 radical (unpaired) electrons. The van der Waals surface area contributed by atoms with Crippen LogP contribution in [-0.4, -0.2) is 24.2 Å². The summed E-state index contributed by atoms with van der Waals surface area (Å²) in [6.45, 7) is -1.73. The summed E-state index contributed by atoms with van der Waals surface area (Å²) in [4.78, 5) is 0.179. The lowest BCUT2D eigenvalue weighted by atomic mass is 9.22. The minimum absolute atomic E-state index is 0.147. The van der Waals surface area contributed by atoms with E-state index in [1.54, 1.807) is 0 Å². The van der Waals surface area contributed by atoms with E-state index in [0.29, 0.717) is 0 Å². The highest BCUT2D eigenvalue weighted by atomic mass is 19.2. The van der Waals surface area contributed by atoms with E-state index >= 15 is 26.3 Å². The highest BCUT2D eigenvalue weighted by Gasteiger charge is 2.51. The molecule has 3 aromatic rings. The molecule has 0 unspecified atom stereocenters. The molecule has 1 saturated heterocycles. The first-order chi connectivity index (χ1) is 18.6. The highest BCUT2D eigenvalue weighted by molar-refractivity contribution is 7.09. The topological polar surface area (TPSA) is 3.24 Å². The number of nitrogens with zero attached hydrogens (tertiary/aromatic N) is 1. The molecule has 1 nitrogen and oxygen atoms in total. The van der Waals surface area contributed by atoms with Gasteiger partial charge in [0.2, 0.25) is 0 Å². The first-order valence-corrected chi connectivity index (χ1v) is 11.1. The zero-order valence-electron chi connectivity index (χ0n) is 19.2. The van der Waals surface area contributed by atoms with Crippen LogP contribution in [0.2, 0.25) is 0 Å². The molecule has 0 N–H and O–H groups in total. The summed E-state index contributed by atoms with van der Waals surface area (Å²) in [5.74, 6) is -44.8. The van der Waals surface area contributed by atoms with Gasteiger partial charge < -0.3 is 4.81 Å². The predicted molar refractivity (Wildman–Crippen MR) is 109 cm³/mol. The van der Waals surface area contributed by atoms with Gasteiger partial charge in [-0.05, 0) is 25.9 Å². The zero-order chi connectivity index (χ0) is 30.0. The van der Waals surface area contributed by atoms with E-state index in [0.717, 1.165) is 0 Å². The molecular formula is C23H10BF15N-. The normalized spacial score (nSPS) is 14.8. The standard InChI is InChI=1S/C23H10BF15N/c25-9-6(10(26)16(32)21(37)15(9)31)24(40-4-2-1-3-5-40,7-11(27)17(33)22(38)18(34)12(7)28)8-13(29)19(35)23(39)20(36)14(8)30/h1-5H2/q-1. The lowest BCUT2D eigenvalue weighted by molar-refractivity contribution is 0.340. The maximum atomic E-state index is 15.4. The molecule has 0 aromatic heterocycles. The third-order valence-corrected chi connectivity index (χ3v) is 6.92. The van der Waals surface area contributed by atoms with Crippen molar-refractivity contribution in [1.82, 2.24) is 4.81 Å². The quantitative estimate of drug-likeness (QED) is 0.173. The summed E-state index contributed by atoms with van der Waals surface area (Å²) in [6.07, 6.45) is -5.95. The Kier molecular flexibility index (Phi) is 7.58. The predicted octanol–water partition coefficient (Wildman–Crippen LogP) is 5.23. The molecule has 0 atom stereocenters. The van der Waals surface area contributed by atoms with Crippen molar-refractivity contribution < 1.29 is 65.9 Å². The van der Waals surface area contributed by atoms with E-state index in [1.807, 2.05) is 0 Å². The third kappa shape index (κ3) is 3.87. The van der Waals surface area contributed by atoms with E-state index in [-0.39, 0.29) is 24.1 Å². The van der Waals surface area contributed by atoms with Crippen LogP contribution >= 0.6 is 0 Å². The number of halogens is 15. The minimum atomic E-state index is -5.61. The number of rotatable bonds is 4. The number of piperidine rings is 1. The van der Waals surface area contributed by atoms with Crippen molar-refractivity contribution in [3.05, 3.63) is 87.3 Å². The van der Waals surface area contributed by atoms with Crippen LogP contribution in [0.4, 0.5) is 65.9 Å². The van der Waals surface area contributed by atoms with Crippen molar-refractivity contribution in [3.8, 4) is 0 Å². The fourth-order valence-electron chi connectivity index (χ4n) is 5.25. The van der Waals surface area contributed by atoms with Gasteiger partial charge in [-0.25, -0.2) is 65.9 Å². The Morgan fingerprint density at radius 2 is 0.500 bits per heavy atom. The van der Waals surface area contributed by atoms with Gasteiger partial charge in [-0.2, -0.15) is 0 Å². The van der Waals surface area contributed by atoms with E-state index in [9.17, 15) is 39.5 Å². The van der Waals surface area contributed by atoms with Gasteiger partial charge in [-0.15, -0.1) is 16.4 Å². The molecule has 17 heteroatoms. The van der Waals surface area contributed by atoms with Crippen LogP contribution in [0, 0.1) is 87.3 Å². The maximum Gasteiger partial charge on any atom is 0.200 e. The molecule has 1 aliphatic rings. The zero-order valence-corrected chi connectivity index (χ0v) is 19.2. The van der Waals surface area contributed by atoms with Crippen LogP contribution in [0.3, 0.4) is 0 Å². The van der Waals surface area contributed by atoms with Gasteiger partial charge in [0.05, 0.1) is 0 Å². The molecule has 4 rings (SSSR count). The van der Waals surface area contributed by atoms with Crippen molar-refractivity contribution in [2.75, 3.05) is 13.1 Å². The highest BCUT2D eigenvalue weighted by Crippen LogP contribution is 2.31. The van der Waals surface area contributed by atoms with E-state index in [4.69, 9.17) is 0 Å². The summed E-state index contributed by atoms with van der Waals surface area (Å²) in [6, 6.07) is 0. The Morgan fingerprint density at radius 1 is 0.300 bits per heavy atom. The Balaban J connectivity index is 2.47. The summed E-state index contributed by atoms with van der Waals surface area (Å²) in [5.41, 5.74) is -7.78. The maximum absolute atomic E-state index is 15.4. The molecule has 0 bridgehead atoms. The smallest absolute Gasteiger partial charge is 0.200 e. The monoisotopic (exact) mass is 596 g/mol. The molecule has 1 heterocycles. The van der Waals surface area contributed by atoms with Crippen LogP contribution in [-0.2, 0) is 0 Å². The molecular weight excluding hydrogens is 586 g/mol. The Hall–Kier alpha value is -3.37. The second-order valence-electron chi connectivity index (χ2n) is 8.87. The van der Waals surface area contributed by atoms with Crippen molar-refractivity contribution in [2.45, 2.75) is 19.3 Å². The van der Waals surface area contributed by atoms with Crippen molar-refractivity contribution >= 4 is 22.7 Å². The lowest BCUT2D eigenvalue weighted by Crippen LogP contribution is -2.82. The van der Waals surface area contributed by atoms with Gasteiger partial charge in [0.15, 0.2) is 58.6 Å². The van der Waals surface area contributed by atoms with Crippen LogP contribution in [0.1, 0.15) is 19.3 Å². The van der Waals surface area contributed by atoms with Crippen molar-refractivity contribution in [3.63, 3.8) is 0 Å². The van der Waals surface area contributed by atoms with Crippen molar-refractivity contribution in [1.29, 1.82) is 0 Å². The molecule has 0 saturated carbocycles. The largest absolute Gasteiger partial charge is 0.462 e. The summed E-state index contributed by atoms with van der Waals surface area (Å²) >= 11 is 0. The van der Waals surface area contributed by atoms with E-state index < -0.39 is 123 Å². The number of hydrogen-bond acceptors (Lipinski definition) is 1. The Morgan fingerprint density at radius 3 is 0.725 bits per heavy atom. The molecule has 1 fully saturated rings. The third-order valence-electron chi connectivity index (χ3n) is 6.92. The number of benzene rings is 3. The molecule has 3 aromatic carbocycles. The summed E-state index contributed by atoms with van der Waals surface area (Å²) < 4.78 is 221. The van der Waals surface area contributed by atoms with E-state index in [1.165, 1.54) is 0 Å². The van der Waals surface area contributed by atoms with Gasteiger partial charge in [0.1, 0.15) is 34.9 Å². The minimum Gasteiger partial charge on any atom is -0.462 e. The lowest BCUT2D eigenvalue weighted by Gasteiger charge is -2.54. The van der Waals surface area contributed by atoms with Crippen LogP contribution in [0.15, 0.2) is 0 Å². The molecule has 216 valence electrons. The number of hydrogen-bond donors (Lipinski definition) is 0. The fourth-order valence-corrected chi connectivity index (χ4v) is 5.25. The molecule has 0 aliphatic carbocycles. The Bertz CT molecular complexity index is 1300. The second-order valence-corrected chi connectivity index (χ2v) is 8.87. The van der Waals surface area contributed by atoms with Gasteiger partial charge in [0, 0.05) is 0 Å². The average Bonchev–Trinajstić information content (AvgIpc) is 2.95. The first kappa shape index (κ1) is 29.6. The molecule has 40 heavy (non-hydrogen) atoms. The first-order valence-electron chi connectivity index (χ1n) is 11.1. The van der Waals surface area contributed by atoms with Crippen LogP contribution in [0.25, 0.3) is 0 Å². The SMILES string of the molecule is Fc1c(F)c(F)c([B-](c2c(F)c(F)c(F)c(F)c2F)(c2c(F)c(F)c(F)c(F)c2F)N2CCCCC2)c(F)c1F. The van der Waals surface area contributed by atoms with Gasteiger partial charge in [-0.3, -0.25) is 0 Å². The molecule has 1 aliphatic heterocycles. The van der Waals surface area contributed by atoms with Crippen LogP contribution in [0.5, 0.6) is 0 Å².